The first-order valence-electron chi connectivity index (χ1n) is 1.90. The lowest BCUT2D eigenvalue weighted by atomic mass is 10.2. The van der Waals surface area contributed by atoms with Crippen molar-refractivity contribution in [2.45, 2.75) is 6.92 Å². The molecule has 3 heteroatoms. The summed E-state index contributed by atoms with van der Waals surface area (Å²) in [4.78, 5) is 9.82. The van der Waals surface area contributed by atoms with Gasteiger partial charge in [-0.05, 0) is 0 Å². The lowest BCUT2D eigenvalue weighted by molar-refractivity contribution is -0.138. The molecule has 0 bridgehead atoms. The minimum Gasteiger partial charge on any atom is -0.475 e. The van der Waals surface area contributed by atoms with Crippen molar-refractivity contribution in [2.75, 3.05) is 6.51 Å². The van der Waals surface area contributed by atoms with Gasteiger partial charge in [0, 0.05) is 6.92 Å². The first-order valence-corrected chi connectivity index (χ1v) is 1.90. The van der Waals surface area contributed by atoms with Crippen molar-refractivity contribution in [3.63, 3.8) is 0 Å². The zero-order valence-corrected chi connectivity index (χ0v) is 4.02. The fourth-order valence-corrected chi connectivity index (χ4v) is 0.203. The van der Waals surface area contributed by atoms with E-state index in [0.29, 0.717) is 6.51 Å². The second-order valence-corrected chi connectivity index (χ2v) is 0.925. The molecule has 34 valence electrons. The quantitative estimate of drug-likeness (QED) is 0.306. The van der Waals surface area contributed by atoms with E-state index in [9.17, 15) is 4.79 Å². The molecule has 0 heterocycles. The van der Waals surface area contributed by atoms with Gasteiger partial charge >= 0.3 is 5.97 Å². The molecule has 0 rings (SSSR count). The fourth-order valence-electron chi connectivity index (χ4n) is 0.203. The molecule has 0 amide bonds. The molecule has 0 aromatic rings. The normalized spacial score (nSPS) is 7.50. The topological polar surface area (TPSA) is 26.3 Å². The van der Waals surface area contributed by atoms with Gasteiger partial charge in [0.15, 0.2) is 7.85 Å². The standard InChI is InChI=1S/C3H7BO2/c1-3(5)6-2-4/h2,4H2,1H3. The maximum Gasteiger partial charge on any atom is 0.301 e. The molecule has 0 aliphatic heterocycles. The Kier molecular flexibility index (Phi) is 2.54. The summed E-state index contributed by atoms with van der Waals surface area (Å²) in [7, 11) is 1.78. The number of rotatable bonds is 1. The second kappa shape index (κ2) is 2.76. The highest BCUT2D eigenvalue weighted by atomic mass is 16.5. The maximum atomic E-state index is 9.82. The number of hydrogen-bond donors (Lipinski definition) is 0. The van der Waals surface area contributed by atoms with Crippen molar-refractivity contribution in [1.29, 1.82) is 0 Å². The molecule has 0 fully saturated rings. The van der Waals surface area contributed by atoms with Crippen molar-refractivity contribution in [3.8, 4) is 0 Å². The minimum atomic E-state index is -0.211. The van der Waals surface area contributed by atoms with Crippen LogP contribution in [0.15, 0.2) is 0 Å². The van der Waals surface area contributed by atoms with Gasteiger partial charge in [0.25, 0.3) is 0 Å². The third-order valence-electron chi connectivity index (χ3n) is 0.348. The number of carbonyl (C=O) groups is 1. The second-order valence-electron chi connectivity index (χ2n) is 0.925. The van der Waals surface area contributed by atoms with Gasteiger partial charge in [-0.1, -0.05) is 0 Å². The molecule has 0 radical (unpaired) electrons. The van der Waals surface area contributed by atoms with E-state index < -0.39 is 0 Å². The van der Waals surface area contributed by atoms with E-state index >= 15 is 0 Å². The van der Waals surface area contributed by atoms with Crippen LogP contribution in [0, 0.1) is 0 Å². The van der Waals surface area contributed by atoms with Gasteiger partial charge < -0.3 is 4.74 Å². The summed E-state index contributed by atoms with van der Waals surface area (Å²) in [6.07, 6.45) is 0. The van der Waals surface area contributed by atoms with Crippen molar-refractivity contribution in [2.24, 2.45) is 0 Å². The first kappa shape index (κ1) is 5.53. The van der Waals surface area contributed by atoms with Gasteiger partial charge in [-0.25, -0.2) is 0 Å². The number of esters is 1. The SMILES string of the molecule is BCOC(C)=O. The highest BCUT2D eigenvalue weighted by molar-refractivity contribution is 6.08. The highest BCUT2D eigenvalue weighted by Crippen LogP contribution is 1.66. The Morgan fingerprint density at radius 1 is 2.00 bits per heavy atom. The van der Waals surface area contributed by atoms with Crippen LogP contribution in [0.1, 0.15) is 6.92 Å². The van der Waals surface area contributed by atoms with E-state index in [0.717, 1.165) is 0 Å². The van der Waals surface area contributed by atoms with Gasteiger partial charge in [0.1, 0.15) is 0 Å². The van der Waals surface area contributed by atoms with E-state index in [1.54, 1.807) is 7.85 Å². The molecule has 0 aliphatic rings. The molecule has 6 heavy (non-hydrogen) atoms. The summed E-state index contributed by atoms with van der Waals surface area (Å²) in [5.41, 5.74) is 0. The van der Waals surface area contributed by atoms with Gasteiger partial charge in [-0.2, -0.15) is 0 Å². The molecule has 2 nitrogen and oxygen atoms in total. The largest absolute Gasteiger partial charge is 0.475 e. The van der Waals surface area contributed by atoms with Crippen LogP contribution in [0.4, 0.5) is 0 Å². The lowest BCUT2D eigenvalue weighted by Crippen LogP contribution is -1.98. The summed E-state index contributed by atoms with van der Waals surface area (Å²) < 4.78 is 4.40. The van der Waals surface area contributed by atoms with E-state index in [2.05, 4.69) is 4.74 Å². The number of hydrogen-bond acceptors (Lipinski definition) is 2. The van der Waals surface area contributed by atoms with Gasteiger partial charge in [-0.3, -0.25) is 4.79 Å². The van der Waals surface area contributed by atoms with Gasteiger partial charge in [0.2, 0.25) is 0 Å². The number of carbonyl (C=O) groups excluding carboxylic acids is 1. The summed E-state index contributed by atoms with van der Waals surface area (Å²) in [5.74, 6) is -0.211. The molecular weight excluding hydrogens is 78.8 g/mol. The average molecular weight is 85.9 g/mol. The molecule has 0 aromatic carbocycles. The Morgan fingerprint density at radius 2 is 2.50 bits per heavy atom. The van der Waals surface area contributed by atoms with Crippen molar-refractivity contribution < 1.29 is 9.53 Å². The maximum absolute atomic E-state index is 9.82. The molecule has 0 aliphatic carbocycles. The Bertz CT molecular complexity index is 52.8. The molecule has 0 atom stereocenters. The fraction of sp³-hybridized carbons (Fsp3) is 0.667. The summed E-state index contributed by atoms with van der Waals surface area (Å²) in [6, 6.07) is 0. The van der Waals surface area contributed by atoms with Crippen LogP contribution < -0.4 is 0 Å². The molecule has 0 spiro atoms. The Balaban J connectivity index is 2.83. The van der Waals surface area contributed by atoms with E-state index in [1.807, 2.05) is 0 Å². The molecule has 0 saturated heterocycles. The molecule has 0 N–H and O–H groups in total. The summed E-state index contributed by atoms with van der Waals surface area (Å²) in [6.45, 7) is 1.87. The highest BCUT2D eigenvalue weighted by Gasteiger charge is 1.81. The summed E-state index contributed by atoms with van der Waals surface area (Å²) >= 11 is 0. The molecule has 0 saturated carbocycles. The van der Waals surface area contributed by atoms with Crippen LogP contribution in [0.5, 0.6) is 0 Å². The minimum absolute atomic E-state index is 0.211. The Morgan fingerprint density at radius 3 is 2.50 bits per heavy atom. The van der Waals surface area contributed by atoms with Crippen LogP contribution >= 0.6 is 0 Å². The first-order chi connectivity index (χ1) is 2.77. The predicted octanol–water partition coefficient (Wildman–Crippen LogP) is -0.860. The van der Waals surface area contributed by atoms with Crippen LogP contribution in [0.3, 0.4) is 0 Å². The van der Waals surface area contributed by atoms with Crippen molar-refractivity contribution in [3.05, 3.63) is 0 Å². The smallest absolute Gasteiger partial charge is 0.301 e. The Hall–Kier alpha value is -0.465. The Labute approximate surface area is 37.9 Å². The zero-order valence-electron chi connectivity index (χ0n) is 4.02. The lowest BCUT2D eigenvalue weighted by Gasteiger charge is -1.89. The van der Waals surface area contributed by atoms with Crippen LogP contribution in [0.2, 0.25) is 0 Å². The predicted molar refractivity (Wildman–Crippen MR) is 25.2 cm³/mol. The van der Waals surface area contributed by atoms with E-state index in [4.69, 9.17) is 0 Å². The number of ether oxygens (including phenoxy) is 1. The van der Waals surface area contributed by atoms with Crippen LogP contribution in [-0.4, -0.2) is 20.3 Å². The molecular formula is C3H7BO2. The molecule has 0 aromatic heterocycles. The summed E-state index contributed by atoms with van der Waals surface area (Å²) in [5, 5.41) is 0. The molecule has 0 unspecified atom stereocenters. The van der Waals surface area contributed by atoms with Crippen LogP contribution in [-0.2, 0) is 9.53 Å². The van der Waals surface area contributed by atoms with Crippen molar-refractivity contribution in [1.82, 2.24) is 0 Å². The van der Waals surface area contributed by atoms with E-state index in [-0.39, 0.29) is 5.97 Å². The van der Waals surface area contributed by atoms with Gasteiger partial charge in [-0.15, -0.1) is 0 Å². The van der Waals surface area contributed by atoms with Crippen molar-refractivity contribution >= 4 is 13.8 Å². The third-order valence-corrected chi connectivity index (χ3v) is 0.348. The monoisotopic (exact) mass is 86.1 g/mol. The third kappa shape index (κ3) is 3.53. The average Bonchev–Trinajstić information content (AvgIpc) is 1.35. The van der Waals surface area contributed by atoms with Crippen LogP contribution in [0.25, 0.3) is 0 Å². The van der Waals surface area contributed by atoms with Gasteiger partial charge in [0.05, 0.1) is 6.51 Å². The van der Waals surface area contributed by atoms with E-state index in [1.165, 1.54) is 6.92 Å². The zero-order chi connectivity index (χ0) is 4.99.